The van der Waals surface area contributed by atoms with Crippen molar-refractivity contribution in [3.05, 3.63) is 36.0 Å². The van der Waals surface area contributed by atoms with Gasteiger partial charge in [-0.15, -0.1) is 12.3 Å². The van der Waals surface area contributed by atoms with Crippen LogP contribution >= 0.6 is 0 Å². The van der Waals surface area contributed by atoms with Gasteiger partial charge in [0.15, 0.2) is 0 Å². The van der Waals surface area contributed by atoms with Gasteiger partial charge in [-0.2, -0.15) is 0 Å². The van der Waals surface area contributed by atoms with Crippen molar-refractivity contribution in [1.82, 2.24) is 9.88 Å². The number of methoxy groups -OCH3 is 1. The zero-order chi connectivity index (χ0) is 14.2. The van der Waals surface area contributed by atoms with Crippen LogP contribution < -0.4 is 5.32 Å². The largest absolute Gasteiger partial charge is 0.383 e. The first-order valence-electron chi connectivity index (χ1n) is 7.06. The molecule has 106 valence electrons. The van der Waals surface area contributed by atoms with Crippen molar-refractivity contribution < 1.29 is 4.74 Å². The summed E-state index contributed by atoms with van der Waals surface area (Å²) in [4.78, 5) is 0. The van der Waals surface area contributed by atoms with E-state index in [1.54, 1.807) is 7.11 Å². The minimum atomic E-state index is 0.744. The monoisotopic (exact) mass is 270 g/mol. The lowest BCUT2D eigenvalue weighted by molar-refractivity contribution is 0.199. The average molecular weight is 270 g/mol. The summed E-state index contributed by atoms with van der Waals surface area (Å²) >= 11 is 0. The summed E-state index contributed by atoms with van der Waals surface area (Å²) in [5.74, 6) is 2.69. The number of terminal acetylenes is 1. The zero-order valence-electron chi connectivity index (χ0n) is 12.1. The topological polar surface area (TPSA) is 26.2 Å². The molecule has 0 saturated heterocycles. The van der Waals surface area contributed by atoms with Gasteiger partial charge in [-0.05, 0) is 35.6 Å². The molecule has 0 unspecified atom stereocenters. The lowest BCUT2D eigenvalue weighted by Crippen LogP contribution is -2.18. The molecule has 2 aromatic rings. The van der Waals surface area contributed by atoms with Crippen molar-refractivity contribution in [3.63, 3.8) is 0 Å². The molecule has 0 atom stereocenters. The molecule has 1 N–H and O–H groups in total. The van der Waals surface area contributed by atoms with E-state index in [9.17, 15) is 0 Å². The molecule has 0 amide bonds. The Morgan fingerprint density at radius 3 is 3.05 bits per heavy atom. The molecule has 1 aromatic heterocycles. The Kier molecular flexibility index (Phi) is 5.67. The first-order valence-corrected chi connectivity index (χ1v) is 7.06. The number of ether oxygens (including phenoxy) is 1. The van der Waals surface area contributed by atoms with Crippen molar-refractivity contribution in [2.24, 2.45) is 0 Å². The van der Waals surface area contributed by atoms with Gasteiger partial charge in [0, 0.05) is 44.9 Å². The maximum Gasteiger partial charge on any atom is 0.0587 e. The fraction of sp³-hybridized carbons (Fsp3) is 0.412. The lowest BCUT2D eigenvalue weighted by Gasteiger charge is -2.06. The number of hydrogen-bond donors (Lipinski definition) is 1. The van der Waals surface area contributed by atoms with E-state index < -0.39 is 0 Å². The lowest BCUT2D eigenvalue weighted by atomic mass is 10.1. The van der Waals surface area contributed by atoms with E-state index in [-0.39, 0.29) is 0 Å². The molecule has 20 heavy (non-hydrogen) atoms. The second kappa shape index (κ2) is 7.74. The Labute approximate surface area is 120 Å². The summed E-state index contributed by atoms with van der Waals surface area (Å²) in [5.41, 5.74) is 2.58. The highest BCUT2D eigenvalue weighted by Gasteiger charge is 2.02. The van der Waals surface area contributed by atoms with Gasteiger partial charge in [-0.25, -0.2) is 0 Å². The number of hydrogen-bond acceptors (Lipinski definition) is 2. The predicted molar refractivity (Wildman–Crippen MR) is 83.6 cm³/mol. The standard InChI is InChI=1S/C17H22N2O/c1-3-4-5-10-19-11-8-16-13-15(6-7-17(16)19)14-18-9-12-20-2/h1,6-8,11,13,18H,4-5,9-10,12,14H2,2H3. The van der Waals surface area contributed by atoms with Gasteiger partial charge in [0.2, 0.25) is 0 Å². The number of rotatable bonds is 8. The van der Waals surface area contributed by atoms with E-state index in [2.05, 4.69) is 46.3 Å². The second-order valence-electron chi connectivity index (χ2n) is 4.88. The van der Waals surface area contributed by atoms with Crippen LogP contribution in [0.2, 0.25) is 0 Å². The smallest absolute Gasteiger partial charge is 0.0587 e. The van der Waals surface area contributed by atoms with Crippen molar-refractivity contribution >= 4 is 10.9 Å². The molecule has 0 fully saturated rings. The van der Waals surface area contributed by atoms with Crippen LogP contribution in [0.1, 0.15) is 18.4 Å². The Bertz CT molecular complexity index is 580. The third kappa shape index (κ3) is 3.86. The van der Waals surface area contributed by atoms with Crippen LogP contribution in [0, 0.1) is 12.3 Å². The van der Waals surface area contributed by atoms with Crippen LogP contribution in [0.5, 0.6) is 0 Å². The number of fused-ring (bicyclic) bond motifs is 1. The van der Waals surface area contributed by atoms with Gasteiger partial charge < -0.3 is 14.6 Å². The first-order chi connectivity index (χ1) is 9.85. The van der Waals surface area contributed by atoms with Gasteiger partial charge in [0.05, 0.1) is 6.61 Å². The maximum atomic E-state index is 5.29. The molecule has 0 saturated carbocycles. The molecule has 1 heterocycles. The van der Waals surface area contributed by atoms with Crippen molar-refractivity contribution in [2.75, 3.05) is 20.3 Å². The molecule has 1 aromatic carbocycles. The third-order valence-electron chi connectivity index (χ3n) is 3.37. The summed E-state index contributed by atoms with van der Waals surface area (Å²) in [7, 11) is 1.72. The minimum Gasteiger partial charge on any atom is -0.383 e. The molecule has 0 aliphatic heterocycles. The molecule has 0 aliphatic rings. The Hall–Kier alpha value is -1.76. The number of aromatic nitrogens is 1. The van der Waals surface area contributed by atoms with E-state index in [1.807, 2.05) is 0 Å². The molecule has 3 heteroatoms. The van der Waals surface area contributed by atoms with Crippen molar-refractivity contribution in [2.45, 2.75) is 25.9 Å². The van der Waals surface area contributed by atoms with Crippen LogP contribution in [0.3, 0.4) is 0 Å². The Morgan fingerprint density at radius 1 is 1.35 bits per heavy atom. The van der Waals surface area contributed by atoms with Crippen molar-refractivity contribution in [3.8, 4) is 12.3 Å². The summed E-state index contributed by atoms with van der Waals surface area (Å²) in [6, 6.07) is 8.79. The fourth-order valence-corrected chi connectivity index (χ4v) is 2.31. The molecule has 0 bridgehead atoms. The third-order valence-corrected chi connectivity index (χ3v) is 3.37. The van der Waals surface area contributed by atoms with Gasteiger partial charge >= 0.3 is 0 Å². The van der Waals surface area contributed by atoms with Crippen LogP contribution in [0.15, 0.2) is 30.5 Å². The summed E-state index contributed by atoms with van der Waals surface area (Å²) in [6.07, 6.45) is 9.30. The molecule has 3 nitrogen and oxygen atoms in total. The van der Waals surface area contributed by atoms with Gasteiger partial charge in [-0.3, -0.25) is 0 Å². The highest BCUT2D eigenvalue weighted by molar-refractivity contribution is 5.80. The van der Waals surface area contributed by atoms with Crippen LogP contribution in [-0.4, -0.2) is 24.8 Å². The van der Waals surface area contributed by atoms with E-state index >= 15 is 0 Å². The molecule has 0 spiro atoms. The fourth-order valence-electron chi connectivity index (χ4n) is 2.31. The first kappa shape index (κ1) is 14.6. The summed E-state index contributed by atoms with van der Waals surface area (Å²) in [5, 5.41) is 4.65. The van der Waals surface area contributed by atoms with E-state index in [1.165, 1.54) is 16.5 Å². The van der Waals surface area contributed by atoms with E-state index in [4.69, 9.17) is 11.2 Å². The van der Waals surface area contributed by atoms with Crippen LogP contribution in [0.4, 0.5) is 0 Å². The van der Waals surface area contributed by atoms with Crippen molar-refractivity contribution in [1.29, 1.82) is 0 Å². The molecule has 0 radical (unpaired) electrons. The Balaban J connectivity index is 1.98. The number of nitrogens with zero attached hydrogens (tertiary/aromatic N) is 1. The van der Waals surface area contributed by atoms with Gasteiger partial charge in [0.1, 0.15) is 0 Å². The number of benzene rings is 1. The molecular weight excluding hydrogens is 248 g/mol. The quantitative estimate of drug-likeness (QED) is 0.589. The number of aryl methyl sites for hydroxylation is 1. The van der Waals surface area contributed by atoms with Crippen LogP contribution in [0.25, 0.3) is 10.9 Å². The summed E-state index contributed by atoms with van der Waals surface area (Å²) in [6.45, 7) is 3.48. The molecule has 2 rings (SSSR count). The highest BCUT2D eigenvalue weighted by Crippen LogP contribution is 2.18. The summed E-state index contributed by atoms with van der Waals surface area (Å²) < 4.78 is 7.29. The van der Waals surface area contributed by atoms with Gasteiger partial charge in [0.25, 0.3) is 0 Å². The Morgan fingerprint density at radius 2 is 2.25 bits per heavy atom. The number of unbranched alkanes of at least 4 members (excludes halogenated alkanes) is 1. The van der Waals surface area contributed by atoms with Crippen LogP contribution in [-0.2, 0) is 17.8 Å². The maximum absolute atomic E-state index is 5.29. The zero-order valence-corrected chi connectivity index (χ0v) is 12.1. The SMILES string of the molecule is C#CCCCn1ccc2cc(CNCCOC)ccc21. The number of nitrogens with one attached hydrogen (secondary N) is 1. The van der Waals surface area contributed by atoms with E-state index in [0.717, 1.165) is 39.1 Å². The molecule has 0 aliphatic carbocycles. The molecular formula is C17H22N2O. The van der Waals surface area contributed by atoms with E-state index in [0.29, 0.717) is 0 Å². The second-order valence-corrected chi connectivity index (χ2v) is 4.88. The minimum absolute atomic E-state index is 0.744. The normalized spacial score (nSPS) is 10.8. The predicted octanol–water partition coefficient (Wildman–Crippen LogP) is 2.79. The highest BCUT2D eigenvalue weighted by atomic mass is 16.5. The van der Waals surface area contributed by atoms with Gasteiger partial charge in [-0.1, -0.05) is 6.07 Å². The average Bonchev–Trinajstić information content (AvgIpc) is 2.87.